The second-order valence-electron chi connectivity index (χ2n) is 6.34. The number of benzene rings is 2. The van der Waals surface area contributed by atoms with E-state index in [1.807, 2.05) is 48.5 Å². The highest BCUT2D eigenvalue weighted by Gasteiger charge is 2.22. The van der Waals surface area contributed by atoms with Crippen LogP contribution in [0.25, 0.3) is 21.8 Å². The van der Waals surface area contributed by atoms with Gasteiger partial charge >= 0.3 is 5.97 Å². The standard InChI is InChI=1S/C21H17N3O3/c25-20(15-9-13-5-1-3-7-17(13)22-12-15)24-19(21(26)27)10-14-11-23-18-8-4-2-6-16(14)18/h1-9,11-12,19,23H,10H2,(H,24,25)(H,26,27)/t19-/m1/s1. The van der Waals surface area contributed by atoms with Crippen molar-refractivity contribution in [2.45, 2.75) is 12.5 Å². The topological polar surface area (TPSA) is 95.1 Å². The van der Waals surface area contributed by atoms with Crippen molar-refractivity contribution in [1.29, 1.82) is 0 Å². The fraction of sp³-hybridized carbons (Fsp3) is 0.0952. The first kappa shape index (κ1) is 16.8. The predicted molar refractivity (Wildman–Crippen MR) is 103 cm³/mol. The van der Waals surface area contributed by atoms with Gasteiger partial charge in [-0.15, -0.1) is 0 Å². The first-order valence-electron chi connectivity index (χ1n) is 8.55. The first-order valence-corrected chi connectivity index (χ1v) is 8.55. The molecule has 0 spiro atoms. The maximum atomic E-state index is 12.6. The van der Waals surface area contributed by atoms with Gasteiger partial charge < -0.3 is 15.4 Å². The molecule has 0 unspecified atom stereocenters. The van der Waals surface area contributed by atoms with Crippen LogP contribution < -0.4 is 5.32 Å². The lowest BCUT2D eigenvalue weighted by Gasteiger charge is -2.14. The number of aromatic nitrogens is 2. The molecule has 0 radical (unpaired) electrons. The van der Waals surface area contributed by atoms with Crippen LogP contribution in [0.4, 0.5) is 0 Å². The van der Waals surface area contributed by atoms with Gasteiger partial charge in [-0.25, -0.2) is 4.79 Å². The molecule has 0 bridgehead atoms. The van der Waals surface area contributed by atoms with Crippen LogP contribution in [0.1, 0.15) is 15.9 Å². The van der Waals surface area contributed by atoms with Gasteiger partial charge in [-0.05, 0) is 23.8 Å². The average molecular weight is 359 g/mol. The molecule has 0 saturated heterocycles. The Bertz CT molecular complexity index is 1150. The number of para-hydroxylation sites is 2. The van der Waals surface area contributed by atoms with Gasteiger partial charge in [0.05, 0.1) is 11.1 Å². The number of carboxylic acid groups (broad SMARTS) is 1. The van der Waals surface area contributed by atoms with Crippen LogP contribution in [0.3, 0.4) is 0 Å². The monoisotopic (exact) mass is 359 g/mol. The summed E-state index contributed by atoms with van der Waals surface area (Å²) in [5, 5.41) is 14.0. The van der Waals surface area contributed by atoms with Crippen molar-refractivity contribution in [3.8, 4) is 0 Å². The van der Waals surface area contributed by atoms with E-state index in [1.165, 1.54) is 6.20 Å². The van der Waals surface area contributed by atoms with Crippen molar-refractivity contribution in [2.75, 3.05) is 0 Å². The van der Waals surface area contributed by atoms with Crippen LogP contribution >= 0.6 is 0 Å². The van der Waals surface area contributed by atoms with Gasteiger partial charge in [0.25, 0.3) is 5.91 Å². The molecule has 0 aliphatic heterocycles. The average Bonchev–Trinajstić information content (AvgIpc) is 3.10. The van der Waals surface area contributed by atoms with Crippen molar-refractivity contribution in [3.63, 3.8) is 0 Å². The largest absolute Gasteiger partial charge is 0.480 e. The molecule has 6 nitrogen and oxygen atoms in total. The molecule has 0 fully saturated rings. The Hall–Kier alpha value is -3.67. The van der Waals surface area contributed by atoms with Gasteiger partial charge in [0, 0.05) is 35.1 Å². The Labute approximate surface area is 154 Å². The fourth-order valence-electron chi connectivity index (χ4n) is 3.16. The maximum Gasteiger partial charge on any atom is 0.326 e. The zero-order valence-corrected chi connectivity index (χ0v) is 14.3. The molecule has 0 saturated carbocycles. The van der Waals surface area contributed by atoms with Crippen molar-refractivity contribution in [2.24, 2.45) is 0 Å². The minimum atomic E-state index is -1.08. The van der Waals surface area contributed by atoms with Gasteiger partial charge in [-0.2, -0.15) is 0 Å². The summed E-state index contributed by atoms with van der Waals surface area (Å²) in [5.41, 5.74) is 2.89. The molecular formula is C21H17N3O3. The lowest BCUT2D eigenvalue weighted by molar-refractivity contribution is -0.139. The van der Waals surface area contributed by atoms with Crippen molar-refractivity contribution in [1.82, 2.24) is 15.3 Å². The van der Waals surface area contributed by atoms with E-state index in [-0.39, 0.29) is 6.42 Å². The Morgan fingerprint density at radius 2 is 1.89 bits per heavy atom. The van der Waals surface area contributed by atoms with E-state index in [0.29, 0.717) is 5.56 Å². The normalized spacial score (nSPS) is 12.1. The summed E-state index contributed by atoms with van der Waals surface area (Å²) in [6, 6.07) is 15.8. The molecule has 6 heteroatoms. The summed E-state index contributed by atoms with van der Waals surface area (Å²) < 4.78 is 0. The summed E-state index contributed by atoms with van der Waals surface area (Å²) in [6.07, 6.45) is 3.43. The van der Waals surface area contributed by atoms with E-state index in [9.17, 15) is 14.7 Å². The number of carbonyl (C=O) groups is 2. The fourth-order valence-corrected chi connectivity index (χ4v) is 3.16. The molecule has 2 heterocycles. The third-order valence-corrected chi connectivity index (χ3v) is 4.56. The van der Waals surface area contributed by atoms with Crippen molar-refractivity contribution >= 4 is 33.7 Å². The van der Waals surface area contributed by atoms with Crippen LogP contribution in [0.15, 0.2) is 67.0 Å². The van der Waals surface area contributed by atoms with Gasteiger partial charge in [-0.3, -0.25) is 9.78 Å². The third kappa shape index (κ3) is 3.37. The number of aromatic amines is 1. The van der Waals surface area contributed by atoms with E-state index < -0.39 is 17.9 Å². The van der Waals surface area contributed by atoms with Gasteiger partial charge in [0.2, 0.25) is 0 Å². The number of pyridine rings is 1. The molecule has 2 aromatic carbocycles. The molecule has 4 rings (SSSR count). The van der Waals surface area contributed by atoms with Crippen LogP contribution in [0.2, 0.25) is 0 Å². The molecule has 0 aliphatic rings. The van der Waals surface area contributed by atoms with E-state index in [2.05, 4.69) is 15.3 Å². The lowest BCUT2D eigenvalue weighted by atomic mass is 10.0. The van der Waals surface area contributed by atoms with Crippen LogP contribution in [-0.2, 0) is 11.2 Å². The molecule has 1 atom stereocenters. The van der Waals surface area contributed by atoms with Crippen molar-refractivity contribution in [3.05, 3.63) is 78.1 Å². The summed E-state index contributed by atoms with van der Waals surface area (Å²) in [6.45, 7) is 0. The summed E-state index contributed by atoms with van der Waals surface area (Å²) in [4.78, 5) is 31.7. The second kappa shape index (κ2) is 6.92. The number of hydrogen-bond acceptors (Lipinski definition) is 3. The summed E-state index contributed by atoms with van der Waals surface area (Å²) >= 11 is 0. The van der Waals surface area contributed by atoms with Gasteiger partial charge in [-0.1, -0.05) is 36.4 Å². The minimum absolute atomic E-state index is 0.187. The van der Waals surface area contributed by atoms with E-state index in [4.69, 9.17) is 0 Å². The van der Waals surface area contributed by atoms with E-state index >= 15 is 0 Å². The summed E-state index contributed by atoms with van der Waals surface area (Å²) in [5.74, 6) is -1.54. The molecular weight excluding hydrogens is 342 g/mol. The zero-order valence-electron chi connectivity index (χ0n) is 14.3. The van der Waals surface area contributed by atoms with Crippen LogP contribution in [0, 0.1) is 0 Å². The molecule has 1 amide bonds. The molecule has 134 valence electrons. The highest BCUT2D eigenvalue weighted by molar-refractivity contribution is 5.99. The second-order valence-corrected chi connectivity index (χ2v) is 6.34. The van der Waals surface area contributed by atoms with Crippen molar-refractivity contribution < 1.29 is 14.7 Å². The number of nitrogens with zero attached hydrogens (tertiary/aromatic N) is 1. The van der Waals surface area contributed by atoms with Crippen LogP contribution in [-0.4, -0.2) is 33.0 Å². The van der Waals surface area contributed by atoms with E-state index in [0.717, 1.165) is 27.4 Å². The smallest absolute Gasteiger partial charge is 0.326 e. The number of nitrogens with one attached hydrogen (secondary N) is 2. The minimum Gasteiger partial charge on any atom is -0.480 e. The Morgan fingerprint density at radius 3 is 2.74 bits per heavy atom. The zero-order chi connectivity index (χ0) is 18.8. The number of amides is 1. The Morgan fingerprint density at radius 1 is 1.11 bits per heavy atom. The predicted octanol–water partition coefficient (Wildman–Crippen LogP) is 3.14. The summed E-state index contributed by atoms with van der Waals surface area (Å²) in [7, 11) is 0. The molecule has 2 aromatic heterocycles. The maximum absolute atomic E-state index is 12.6. The lowest BCUT2D eigenvalue weighted by Crippen LogP contribution is -2.42. The number of H-pyrrole nitrogens is 1. The molecule has 3 N–H and O–H groups in total. The number of hydrogen-bond donors (Lipinski definition) is 3. The molecule has 27 heavy (non-hydrogen) atoms. The number of rotatable bonds is 5. The first-order chi connectivity index (χ1) is 13.1. The number of fused-ring (bicyclic) bond motifs is 2. The molecule has 0 aliphatic carbocycles. The quantitative estimate of drug-likeness (QED) is 0.510. The van der Waals surface area contributed by atoms with Crippen LogP contribution in [0.5, 0.6) is 0 Å². The highest BCUT2D eigenvalue weighted by atomic mass is 16.4. The Kier molecular flexibility index (Phi) is 4.30. The molecule has 4 aromatic rings. The number of carbonyl (C=O) groups excluding carboxylic acids is 1. The number of aliphatic carboxylic acids is 1. The van der Waals surface area contributed by atoms with E-state index in [1.54, 1.807) is 12.3 Å². The van der Waals surface area contributed by atoms with Gasteiger partial charge in [0.1, 0.15) is 6.04 Å². The Balaban J connectivity index is 1.57. The van der Waals surface area contributed by atoms with Gasteiger partial charge in [0.15, 0.2) is 0 Å². The SMILES string of the molecule is O=C(N[C@H](Cc1c[nH]c2ccccc12)C(=O)O)c1cnc2ccccc2c1. The third-order valence-electron chi connectivity index (χ3n) is 4.56. The highest BCUT2D eigenvalue weighted by Crippen LogP contribution is 2.19. The number of carboxylic acids is 1.